The van der Waals surface area contributed by atoms with Gasteiger partial charge in [0.25, 0.3) is 0 Å². The van der Waals surface area contributed by atoms with Gasteiger partial charge in [0, 0.05) is 32.2 Å². The molecule has 2 aliphatic rings. The number of amides is 1. The molecule has 24 heavy (non-hydrogen) atoms. The van der Waals surface area contributed by atoms with Gasteiger partial charge in [-0.15, -0.1) is 0 Å². The molecule has 2 fully saturated rings. The molecule has 1 N–H and O–H groups in total. The predicted molar refractivity (Wildman–Crippen MR) is 82.7 cm³/mol. The molecule has 2 heterocycles. The first kappa shape index (κ1) is 17.2. The second-order valence-corrected chi connectivity index (χ2v) is 8.12. The maximum Gasteiger partial charge on any atom is 0.243 e. The number of fused-ring (bicyclic) bond motifs is 3. The third-order valence-electron chi connectivity index (χ3n) is 4.44. The molecule has 2 bridgehead atoms. The lowest BCUT2D eigenvalue weighted by atomic mass is 10.1. The molecule has 2 saturated heterocycles. The van der Waals surface area contributed by atoms with Gasteiger partial charge < -0.3 is 10.2 Å². The normalized spacial score (nSPS) is 26.0. The highest BCUT2D eigenvalue weighted by molar-refractivity contribution is 7.89. The van der Waals surface area contributed by atoms with Crippen LogP contribution in [0, 0.1) is 17.6 Å². The number of rotatable bonds is 3. The minimum atomic E-state index is -4.08. The molecule has 0 aliphatic carbocycles. The minimum absolute atomic E-state index is 0.000695. The van der Waals surface area contributed by atoms with Crippen LogP contribution in [-0.2, 0) is 14.8 Å². The van der Waals surface area contributed by atoms with Gasteiger partial charge in [-0.3, -0.25) is 4.79 Å². The van der Waals surface area contributed by atoms with E-state index in [0.29, 0.717) is 19.2 Å². The summed E-state index contributed by atoms with van der Waals surface area (Å²) in [5, 5.41) is 2.85. The van der Waals surface area contributed by atoms with Gasteiger partial charge in [-0.2, -0.15) is 4.31 Å². The first-order valence-electron chi connectivity index (χ1n) is 7.78. The fraction of sp³-hybridized carbons (Fsp3) is 0.533. The number of sulfonamides is 1. The Balaban J connectivity index is 1.93. The summed E-state index contributed by atoms with van der Waals surface area (Å²) in [7, 11) is -4.08. The van der Waals surface area contributed by atoms with E-state index in [2.05, 4.69) is 10.2 Å². The molecule has 1 aromatic rings. The maximum absolute atomic E-state index is 13.4. The van der Waals surface area contributed by atoms with E-state index in [1.54, 1.807) is 0 Å². The second-order valence-electron chi connectivity index (χ2n) is 6.18. The summed E-state index contributed by atoms with van der Waals surface area (Å²) < 4.78 is 53.5. The predicted octanol–water partition coefficient (Wildman–Crippen LogP) is 0.406. The largest absolute Gasteiger partial charge is 0.350 e. The summed E-state index contributed by atoms with van der Waals surface area (Å²) >= 11 is 0. The third kappa shape index (κ3) is 3.28. The van der Waals surface area contributed by atoms with Crippen molar-refractivity contribution in [3.8, 4) is 0 Å². The smallest absolute Gasteiger partial charge is 0.243 e. The Bertz CT molecular complexity index is 736. The van der Waals surface area contributed by atoms with Gasteiger partial charge in [0.1, 0.15) is 11.6 Å². The molecule has 9 heteroatoms. The lowest BCUT2D eigenvalue weighted by Crippen LogP contribution is -2.48. The van der Waals surface area contributed by atoms with Gasteiger partial charge in [0.05, 0.1) is 16.9 Å². The van der Waals surface area contributed by atoms with Crippen molar-refractivity contribution in [3.63, 3.8) is 0 Å². The molecule has 0 saturated carbocycles. The van der Waals surface area contributed by atoms with Crippen molar-refractivity contribution in [2.24, 2.45) is 5.92 Å². The van der Waals surface area contributed by atoms with E-state index in [1.165, 1.54) is 0 Å². The summed E-state index contributed by atoms with van der Waals surface area (Å²) in [6.07, 6.45) is 0. The van der Waals surface area contributed by atoms with Crippen molar-refractivity contribution in [1.29, 1.82) is 0 Å². The van der Waals surface area contributed by atoms with Gasteiger partial charge in [0.15, 0.2) is 0 Å². The maximum atomic E-state index is 13.4. The topological polar surface area (TPSA) is 69.7 Å². The molecule has 0 unspecified atom stereocenters. The highest BCUT2D eigenvalue weighted by Crippen LogP contribution is 2.24. The average molecular weight is 359 g/mol. The zero-order valence-corrected chi connectivity index (χ0v) is 14.0. The number of hydrogen-bond donors (Lipinski definition) is 1. The number of hydrogen-bond acceptors (Lipinski definition) is 4. The van der Waals surface area contributed by atoms with E-state index in [9.17, 15) is 22.0 Å². The average Bonchev–Trinajstić information content (AvgIpc) is 2.72. The molecular weight excluding hydrogens is 340 g/mol. The van der Waals surface area contributed by atoms with Crippen LogP contribution in [0.25, 0.3) is 0 Å². The van der Waals surface area contributed by atoms with Crippen LogP contribution in [0.4, 0.5) is 8.78 Å². The Morgan fingerprint density at radius 1 is 1.12 bits per heavy atom. The van der Waals surface area contributed by atoms with Crippen LogP contribution in [0.2, 0.25) is 0 Å². The number of nitrogens with zero attached hydrogens (tertiary/aromatic N) is 2. The Hall–Kier alpha value is -1.58. The highest BCUT2D eigenvalue weighted by Gasteiger charge is 2.40. The van der Waals surface area contributed by atoms with Crippen LogP contribution < -0.4 is 5.32 Å². The van der Waals surface area contributed by atoms with Crippen molar-refractivity contribution < 1.29 is 22.0 Å². The number of benzene rings is 1. The Labute approximate surface area is 139 Å². The molecule has 1 amide bonds. The van der Waals surface area contributed by atoms with Crippen LogP contribution in [0.3, 0.4) is 0 Å². The number of halogens is 2. The van der Waals surface area contributed by atoms with E-state index < -0.39 is 32.5 Å². The molecule has 2 aliphatic heterocycles. The standard InChI is InChI=1S/C15H19F2N3O3S/c1-2-19-6-10-7-20(9-13(8-19)18-15(10)21)24(22,23)14-4-11(16)3-12(17)5-14/h3-5,10,13H,2,6-9H2,1H3,(H,18,21)/t10-,13+/m1/s1. The van der Waals surface area contributed by atoms with Crippen molar-refractivity contribution >= 4 is 15.9 Å². The lowest BCUT2D eigenvalue weighted by molar-refractivity contribution is -0.124. The molecule has 0 aromatic heterocycles. The van der Waals surface area contributed by atoms with Gasteiger partial charge in [-0.25, -0.2) is 17.2 Å². The summed E-state index contributed by atoms with van der Waals surface area (Å²) in [6.45, 7) is 3.84. The number of carbonyl (C=O) groups excluding carboxylic acids is 1. The summed E-state index contributed by atoms with van der Waals surface area (Å²) in [4.78, 5) is 13.9. The van der Waals surface area contributed by atoms with Gasteiger partial charge in [-0.1, -0.05) is 6.92 Å². The Morgan fingerprint density at radius 3 is 2.42 bits per heavy atom. The molecular formula is C15H19F2N3O3S. The molecule has 3 rings (SSSR count). The van der Waals surface area contributed by atoms with E-state index in [0.717, 1.165) is 23.0 Å². The lowest BCUT2D eigenvalue weighted by Gasteiger charge is -2.32. The monoisotopic (exact) mass is 359 g/mol. The molecule has 132 valence electrons. The first-order chi connectivity index (χ1) is 11.3. The molecule has 2 atom stereocenters. The SMILES string of the molecule is CCN1C[C@H]2CN(S(=O)(=O)c3cc(F)cc(F)c3)C[C@@H](C1)C(=O)N2. The van der Waals surface area contributed by atoms with Crippen molar-refractivity contribution in [2.45, 2.75) is 17.9 Å². The first-order valence-corrected chi connectivity index (χ1v) is 9.22. The highest BCUT2D eigenvalue weighted by atomic mass is 32.2. The van der Waals surface area contributed by atoms with Crippen molar-refractivity contribution in [1.82, 2.24) is 14.5 Å². The van der Waals surface area contributed by atoms with Gasteiger partial charge in [-0.05, 0) is 18.7 Å². The number of carbonyl (C=O) groups is 1. The molecule has 0 radical (unpaired) electrons. The summed E-state index contributed by atoms with van der Waals surface area (Å²) in [5.74, 6) is -2.59. The van der Waals surface area contributed by atoms with E-state index in [4.69, 9.17) is 0 Å². The Morgan fingerprint density at radius 2 is 1.79 bits per heavy atom. The van der Waals surface area contributed by atoms with Crippen molar-refractivity contribution in [3.05, 3.63) is 29.8 Å². The van der Waals surface area contributed by atoms with Gasteiger partial charge >= 0.3 is 0 Å². The van der Waals surface area contributed by atoms with Crippen LogP contribution in [0.5, 0.6) is 0 Å². The fourth-order valence-corrected chi connectivity index (χ4v) is 4.81. The second kappa shape index (κ2) is 6.38. The fourth-order valence-electron chi connectivity index (χ4n) is 3.24. The van der Waals surface area contributed by atoms with Crippen LogP contribution in [0.1, 0.15) is 6.92 Å². The van der Waals surface area contributed by atoms with E-state index >= 15 is 0 Å². The minimum Gasteiger partial charge on any atom is -0.350 e. The molecule has 1 aromatic carbocycles. The van der Waals surface area contributed by atoms with Crippen LogP contribution in [-0.4, -0.2) is 62.3 Å². The Kier molecular flexibility index (Phi) is 4.58. The van der Waals surface area contributed by atoms with E-state index in [-0.39, 0.29) is 25.0 Å². The third-order valence-corrected chi connectivity index (χ3v) is 6.25. The quantitative estimate of drug-likeness (QED) is 0.849. The zero-order chi connectivity index (χ0) is 17.5. The van der Waals surface area contributed by atoms with Crippen LogP contribution in [0.15, 0.2) is 23.1 Å². The van der Waals surface area contributed by atoms with Gasteiger partial charge in [0.2, 0.25) is 15.9 Å². The van der Waals surface area contributed by atoms with Crippen LogP contribution >= 0.6 is 0 Å². The number of nitrogens with one attached hydrogen (secondary N) is 1. The molecule has 0 spiro atoms. The summed E-state index contributed by atoms with van der Waals surface area (Å²) in [6, 6.07) is 1.87. The van der Waals surface area contributed by atoms with Crippen molar-refractivity contribution in [2.75, 3.05) is 32.7 Å². The number of likely N-dealkylation sites (N-methyl/N-ethyl adjacent to an activating group) is 1. The molecule has 6 nitrogen and oxygen atoms in total. The van der Waals surface area contributed by atoms with E-state index in [1.807, 2.05) is 6.92 Å². The zero-order valence-electron chi connectivity index (χ0n) is 13.2. The summed E-state index contributed by atoms with van der Waals surface area (Å²) in [5.41, 5.74) is 0.